The van der Waals surface area contributed by atoms with Crippen molar-refractivity contribution in [1.29, 1.82) is 0 Å². The molecule has 36 heavy (non-hydrogen) atoms. The Hall–Kier alpha value is -4.32. The fourth-order valence-electron chi connectivity index (χ4n) is 5.28. The van der Waals surface area contributed by atoms with E-state index in [-0.39, 0.29) is 0 Å². The van der Waals surface area contributed by atoms with Crippen LogP contribution in [0, 0.1) is 0 Å². The molecule has 180 valence electrons. The molecule has 1 aromatic heterocycles. The number of nitrogens with zero attached hydrogens (tertiary/aromatic N) is 3. The number of rotatable bonds is 3. The zero-order valence-electron chi connectivity index (χ0n) is 20.5. The first-order chi connectivity index (χ1) is 17.7. The zero-order chi connectivity index (χ0) is 24.6. The second-order valence-electron chi connectivity index (χ2n) is 9.11. The lowest BCUT2D eigenvalue weighted by Gasteiger charge is -2.31. The first-order valence-electron chi connectivity index (χ1n) is 12.2. The van der Waals surface area contributed by atoms with E-state index in [2.05, 4.69) is 70.6 Å². The zero-order valence-corrected chi connectivity index (χ0v) is 20.5. The fourth-order valence-corrected chi connectivity index (χ4v) is 5.28. The number of hydrogen-bond donors (Lipinski definition) is 1. The van der Waals surface area contributed by atoms with Crippen molar-refractivity contribution in [2.75, 3.05) is 37.9 Å². The molecule has 0 unspecified atom stereocenters. The molecule has 2 aliphatic rings. The molecule has 6 heteroatoms. The van der Waals surface area contributed by atoms with Crippen molar-refractivity contribution in [3.05, 3.63) is 88.5 Å². The van der Waals surface area contributed by atoms with Gasteiger partial charge in [0.05, 0.1) is 19.7 Å². The number of nitrogen functional groups attached to an aromatic ring is 1. The summed E-state index contributed by atoms with van der Waals surface area (Å²) < 4.78 is 10.9. The molecular formula is C30H28N4O2. The highest BCUT2D eigenvalue weighted by Gasteiger charge is 2.24. The molecular weight excluding hydrogens is 448 g/mol. The van der Waals surface area contributed by atoms with Crippen LogP contribution in [0.2, 0.25) is 0 Å². The van der Waals surface area contributed by atoms with Gasteiger partial charge in [0.25, 0.3) is 0 Å². The second-order valence-corrected chi connectivity index (χ2v) is 9.11. The van der Waals surface area contributed by atoms with E-state index in [1.807, 2.05) is 12.1 Å². The van der Waals surface area contributed by atoms with E-state index < -0.39 is 0 Å². The summed E-state index contributed by atoms with van der Waals surface area (Å²) in [5, 5.41) is 0.760. The molecule has 2 N–H and O–H groups in total. The van der Waals surface area contributed by atoms with Gasteiger partial charge in [0, 0.05) is 24.5 Å². The van der Waals surface area contributed by atoms with Crippen LogP contribution in [0.3, 0.4) is 0 Å². The first-order valence-corrected chi connectivity index (χ1v) is 12.2. The lowest BCUT2D eigenvalue weighted by molar-refractivity contribution is 0.356. The number of hydrogen-bond acceptors (Lipinski definition) is 6. The number of ether oxygens (including phenoxy) is 2. The van der Waals surface area contributed by atoms with Crippen LogP contribution in [0.4, 0.5) is 11.8 Å². The highest BCUT2D eigenvalue weighted by molar-refractivity contribution is 5.95. The van der Waals surface area contributed by atoms with Gasteiger partial charge in [0.2, 0.25) is 5.95 Å². The van der Waals surface area contributed by atoms with Crippen LogP contribution >= 0.6 is 0 Å². The summed E-state index contributed by atoms with van der Waals surface area (Å²) >= 11 is 0. The third-order valence-corrected chi connectivity index (χ3v) is 7.12. The second kappa shape index (κ2) is 9.04. The SMILES string of the molecule is COc1cc2nc(N3CCC(=C4c5ccccc5C=Cc5ccccc54)CC3)nc(N)c2cc1OC. The van der Waals surface area contributed by atoms with E-state index in [1.54, 1.807) is 14.2 Å². The molecule has 0 amide bonds. The molecule has 0 bridgehead atoms. The van der Waals surface area contributed by atoms with Crippen LogP contribution in [0.5, 0.6) is 11.5 Å². The standard InChI is InChI=1S/C30H28N4O2/c1-35-26-17-24-25(18-27(26)36-2)32-30(33-29(24)31)34-15-13-21(14-16-34)28-22-9-5-3-7-19(22)11-12-20-8-4-6-10-23(20)28/h3-12,17-18H,13-16H2,1-2H3,(H2,31,32,33). The molecule has 1 saturated heterocycles. The van der Waals surface area contributed by atoms with Crippen LogP contribution in [0.1, 0.15) is 35.1 Å². The number of methoxy groups -OCH3 is 2. The minimum atomic E-state index is 0.442. The molecule has 1 aliphatic heterocycles. The number of piperidine rings is 1. The summed E-state index contributed by atoms with van der Waals surface area (Å²) in [6.07, 6.45) is 6.33. The molecule has 0 saturated carbocycles. The van der Waals surface area contributed by atoms with E-state index in [1.165, 1.54) is 33.4 Å². The molecule has 4 aromatic rings. The molecule has 1 aliphatic carbocycles. The first kappa shape index (κ1) is 22.2. The Morgan fingerprint density at radius 1 is 0.778 bits per heavy atom. The van der Waals surface area contributed by atoms with Crippen molar-refractivity contribution in [2.24, 2.45) is 0 Å². The number of anilines is 2. The lowest BCUT2D eigenvalue weighted by atomic mass is 9.86. The molecule has 1 fully saturated rings. The summed E-state index contributed by atoms with van der Waals surface area (Å²) in [6.45, 7) is 1.66. The number of fused-ring (bicyclic) bond motifs is 3. The third-order valence-electron chi connectivity index (χ3n) is 7.12. The van der Waals surface area contributed by atoms with Gasteiger partial charge < -0.3 is 20.1 Å². The van der Waals surface area contributed by atoms with Gasteiger partial charge in [-0.15, -0.1) is 0 Å². The van der Waals surface area contributed by atoms with Crippen LogP contribution < -0.4 is 20.1 Å². The maximum atomic E-state index is 6.36. The molecule has 0 atom stereocenters. The van der Waals surface area contributed by atoms with Gasteiger partial charge in [0.1, 0.15) is 5.82 Å². The minimum Gasteiger partial charge on any atom is -0.493 e. The Kier molecular flexibility index (Phi) is 5.56. The van der Waals surface area contributed by atoms with Crippen LogP contribution in [-0.4, -0.2) is 37.3 Å². The number of nitrogens with two attached hydrogens (primary N) is 1. The minimum absolute atomic E-state index is 0.442. The molecule has 2 heterocycles. The van der Waals surface area contributed by atoms with Crippen molar-refractivity contribution in [3.63, 3.8) is 0 Å². The van der Waals surface area contributed by atoms with Crippen molar-refractivity contribution < 1.29 is 9.47 Å². The van der Waals surface area contributed by atoms with Gasteiger partial charge in [-0.05, 0) is 46.7 Å². The maximum Gasteiger partial charge on any atom is 0.227 e. The summed E-state index contributed by atoms with van der Waals surface area (Å²) in [7, 11) is 3.23. The van der Waals surface area contributed by atoms with E-state index in [4.69, 9.17) is 20.2 Å². The molecule has 3 aromatic carbocycles. The molecule has 0 radical (unpaired) electrons. The smallest absolute Gasteiger partial charge is 0.227 e. The quantitative estimate of drug-likeness (QED) is 0.354. The van der Waals surface area contributed by atoms with Crippen LogP contribution in [-0.2, 0) is 0 Å². The van der Waals surface area contributed by atoms with E-state index in [0.29, 0.717) is 23.3 Å². The maximum absolute atomic E-state index is 6.36. The summed E-state index contributed by atoms with van der Waals surface area (Å²) in [5.41, 5.74) is 15.1. The van der Waals surface area contributed by atoms with E-state index >= 15 is 0 Å². The normalized spacial score (nSPS) is 14.9. The number of benzene rings is 3. The van der Waals surface area contributed by atoms with E-state index in [9.17, 15) is 0 Å². The topological polar surface area (TPSA) is 73.5 Å². The molecule has 6 rings (SSSR count). The predicted molar refractivity (Wildman–Crippen MR) is 146 cm³/mol. The Balaban J connectivity index is 1.36. The highest BCUT2D eigenvalue weighted by atomic mass is 16.5. The summed E-state index contributed by atoms with van der Waals surface area (Å²) in [6, 6.07) is 21.0. The predicted octanol–water partition coefficient (Wildman–Crippen LogP) is 5.82. The summed E-state index contributed by atoms with van der Waals surface area (Å²) in [5.74, 6) is 2.33. The van der Waals surface area contributed by atoms with E-state index in [0.717, 1.165) is 36.8 Å². The Morgan fingerprint density at radius 2 is 1.36 bits per heavy atom. The highest BCUT2D eigenvalue weighted by Crippen LogP contribution is 2.39. The average Bonchev–Trinajstić information content (AvgIpc) is 3.09. The fraction of sp³-hybridized carbons (Fsp3) is 0.200. The van der Waals surface area contributed by atoms with Gasteiger partial charge in [-0.1, -0.05) is 66.3 Å². The molecule has 0 spiro atoms. The Morgan fingerprint density at radius 3 is 1.97 bits per heavy atom. The Labute approximate surface area is 210 Å². The van der Waals surface area contributed by atoms with Crippen LogP contribution in [0.25, 0.3) is 28.6 Å². The lowest BCUT2D eigenvalue weighted by Crippen LogP contribution is -2.32. The molecule has 6 nitrogen and oxygen atoms in total. The van der Waals surface area contributed by atoms with Gasteiger partial charge in [-0.25, -0.2) is 4.98 Å². The third kappa shape index (κ3) is 3.75. The van der Waals surface area contributed by atoms with Gasteiger partial charge in [0.15, 0.2) is 11.5 Å². The number of aromatic nitrogens is 2. The largest absolute Gasteiger partial charge is 0.493 e. The Bertz CT molecular complexity index is 1480. The van der Waals surface area contributed by atoms with Crippen molar-refractivity contribution in [1.82, 2.24) is 9.97 Å². The van der Waals surface area contributed by atoms with Gasteiger partial charge in [-0.3, -0.25) is 0 Å². The van der Waals surface area contributed by atoms with Crippen LogP contribution in [0.15, 0.2) is 66.2 Å². The van der Waals surface area contributed by atoms with Crippen molar-refractivity contribution >= 4 is 40.4 Å². The van der Waals surface area contributed by atoms with Gasteiger partial charge in [-0.2, -0.15) is 4.98 Å². The van der Waals surface area contributed by atoms with Gasteiger partial charge >= 0.3 is 0 Å². The van der Waals surface area contributed by atoms with Crippen molar-refractivity contribution in [2.45, 2.75) is 12.8 Å². The monoisotopic (exact) mass is 476 g/mol. The van der Waals surface area contributed by atoms with Crippen molar-refractivity contribution in [3.8, 4) is 11.5 Å². The average molecular weight is 477 g/mol. The summed E-state index contributed by atoms with van der Waals surface area (Å²) in [4.78, 5) is 11.7.